The van der Waals surface area contributed by atoms with Gasteiger partial charge in [0.05, 0.1) is 10.6 Å². The van der Waals surface area contributed by atoms with Crippen LogP contribution in [0, 0.1) is 0 Å². The Kier molecular flexibility index (Phi) is 12.9. The van der Waals surface area contributed by atoms with Gasteiger partial charge in [-0.3, -0.25) is 13.9 Å². The van der Waals surface area contributed by atoms with E-state index in [0.29, 0.717) is 27.8 Å². The maximum atomic E-state index is 14.6. The van der Waals surface area contributed by atoms with E-state index in [0.717, 1.165) is 28.3 Å². The van der Waals surface area contributed by atoms with Crippen LogP contribution in [0.4, 0.5) is 5.69 Å². The molecule has 0 heterocycles. The Balaban J connectivity index is 1.82. The summed E-state index contributed by atoms with van der Waals surface area (Å²) < 4.78 is 29.5. The number of carbonyl (C=O) groups is 2. The number of nitrogens with zero attached hydrogens (tertiary/aromatic N) is 2. The van der Waals surface area contributed by atoms with Gasteiger partial charge < -0.3 is 10.2 Å². The SMILES string of the molecule is CCCCNC(=O)[C@@H](Cc1ccccc1)N(Cc1c(Cl)cccc1Cl)C(=O)CN(c1ccc(C(C)C)cc1)S(=O)(=O)c1ccccc1. The smallest absolute Gasteiger partial charge is 0.264 e. The number of rotatable bonds is 15. The number of anilines is 1. The highest BCUT2D eigenvalue weighted by atomic mass is 35.5. The number of unbranched alkanes of at least 4 members (excludes halogenated alkanes) is 1. The van der Waals surface area contributed by atoms with Crippen molar-refractivity contribution in [1.82, 2.24) is 10.2 Å². The molecule has 0 radical (unpaired) electrons. The molecule has 0 unspecified atom stereocenters. The first-order valence-electron chi connectivity index (χ1n) is 15.7. The van der Waals surface area contributed by atoms with E-state index < -0.39 is 28.5 Å². The average molecular weight is 695 g/mol. The Morgan fingerprint density at radius 1 is 0.809 bits per heavy atom. The molecule has 0 saturated heterocycles. The van der Waals surface area contributed by atoms with Crippen LogP contribution in [0.3, 0.4) is 0 Å². The summed E-state index contributed by atoms with van der Waals surface area (Å²) in [4.78, 5) is 30.0. The van der Waals surface area contributed by atoms with E-state index in [1.165, 1.54) is 17.0 Å². The summed E-state index contributed by atoms with van der Waals surface area (Å²) in [7, 11) is -4.19. The normalized spacial score (nSPS) is 12.0. The maximum Gasteiger partial charge on any atom is 0.264 e. The molecule has 0 aliphatic carbocycles. The predicted molar refractivity (Wildman–Crippen MR) is 190 cm³/mol. The zero-order chi connectivity index (χ0) is 34.0. The monoisotopic (exact) mass is 693 g/mol. The van der Waals surface area contributed by atoms with Gasteiger partial charge in [0, 0.05) is 35.1 Å². The number of hydrogen-bond donors (Lipinski definition) is 1. The second kappa shape index (κ2) is 16.8. The summed E-state index contributed by atoms with van der Waals surface area (Å²) in [5, 5.41) is 3.64. The zero-order valence-electron chi connectivity index (χ0n) is 26.9. The van der Waals surface area contributed by atoms with Gasteiger partial charge in [0.15, 0.2) is 0 Å². The number of hydrogen-bond acceptors (Lipinski definition) is 4. The van der Waals surface area contributed by atoms with E-state index in [2.05, 4.69) is 5.32 Å². The lowest BCUT2D eigenvalue weighted by atomic mass is 10.0. The number of carbonyl (C=O) groups excluding carboxylic acids is 2. The Bertz CT molecular complexity index is 1710. The molecule has 4 aromatic rings. The molecule has 0 aliphatic heterocycles. The van der Waals surface area contributed by atoms with Gasteiger partial charge in [-0.25, -0.2) is 8.42 Å². The number of nitrogens with one attached hydrogen (secondary N) is 1. The van der Waals surface area contributed by atoms with Crippen molar-refractivity contribution in [1.29, 1.82) is 0 Å². The summed E-state index contributed by atoms with van der Waals surface area (Å²) in [6.45, 7) is 5.89. The minimum Gasteiger partial charge on any atom is -0.354 e. The van der Waals surface area contributed by atoms with Crippen LogP contribution in [0.25, 0.3) is 0 Å². The van der Waals surface area contributed by atoms with Crippen molar-refractivity contribution in [2.75, 3.05) is 17.4 Å². The largest absolute Gasteiger partial charge is 0.354 e. The predicted octanol–water partition coefficient (Wildman–Crippen LogP) is 7.87. The van der Waals surface area contributed by atoms with Crippen LogP contribution in [0.2, 0.25) is 10.0 Å². The molecule has 248 valence electrons. The van der Waals surface area contributed by atoms with E-state index >= 15 is 0 Å². The van der Waals surface area contributed by atoms with Gasteiger partial charge in [-0.2, -0.15) is 0 Å². The summed E-state index contributed by atoms with van der Waals surface area (Å²) >= 11 is 13.2. The lowest BCUT2D eigenvalue weighted by Crippen LogP contribution is -2.53. The number of benzene rings is 4. The van der Waals surface area contributed by atoms with Gasteiger partial charge in [-0.1, -0.05) is 117 Å². The van der Waals surface area contributed by atoms with Crippen molar-refractivity contribution in [3.05, 3.63) is 130 Å². The Morgan fingerprint density at radius 3 is 1.98 bits per heavy atom. The molecule has 47 heavy (non-hydrogen) atoms. The molecule has 1 N–H and O–H groups in total. The summed E-state index contributed by atoms with van der Waals surface area (Å²) in [6, 6.07) is 28.6. The average Bonchev–Trinajstić information content (AvgIpc) is 3.07. The van der Waals surface area contributed by atoms with Crippen molar-refractivity contribution in [3.63, 3.8) is 0 Å². The van der Waals surface area contributed by atoms with Gasteiger partial charge in [-0.05, 0) is 59.9 Å². The minimum atomic E-state index is -4.19. The van der Waals surface area contributed by atoms with Crippen LogP contribution >= 0.6 is 23.2 Å². The van der Waals surface area contributed by atoms with Crippen LogP contribution in [-0.2, 0) is 32.6 Å². The number of halogens is 2. The first kappa shape index (κ1) is 36.0. The highest BCUT2D eigenvalue weighted by Gasteiger charge is 2.35. The number of sulfonamides is 1. The molecular formula is C37H41Cl2N3O4S. The van der Waals surface area contributed by atoms with E-state index in [4.69, 9.17) is 23.2 Å². The van der Waals surface area contributed by atoms with Crippen molar-refractivity contribution in [2.24, 2.45) is 0 Å². The van der Waals surface area contributed by atoms with Crippen LogP contribution in [0.15, 0.2) is 108 Å². The topological polar surface area (TPSA) is 86.8 Å². The molecule has 4 aromatic carbocycles. The quantitative estimate of drug-likeness (QED) is 0.128. The molecule has 0 spiro atoms. The summed E-state index contributed by atoms with van der Waals surface area (Å²) in [5.74, 6) is -0.705. The highest BCUT2D eigenvalue weighted by Crippen LogP contribution is 2.29. The third-order valence-electron chi connectivity index (χ3n) is 7.95. The van der Waals surface area contributed by atoms with Crippen LogP contribution < -0.4 is 9.62 Å². The van der Waals surface area contributed by atoms with Gasteiger partial charge >= 0.3 is 0 Å². The molecule has 7 nitrogen and oxygen atoms in total. The van der Waals surface area contributed by atoms with Gasteiger partial charge in [0.1, 0.15) is 12.6 Å². The van der Waals surface area contributed by atoms with E-state index in [9.17, 15) is 18.0 Å². The van der Waals surface area contributed by atoms with Crippen molar-refractivity contribution in [2.45, 2.75) is 63.4 Å². The second-order valence-electron chi connectivity index (χ2n) is 11.6. The van der Waals surface area contributed by atoms with E-state index in [1.54, 1.807) is 48.5 Å². The molecule has 0 saturated carbocycles. The fourth-order valence-corrected chi connectivity index (χ4v) is 7.14. The van der Waals surface area contributed by atoms with Gasteiger partial charge in [-0.15, -0.1) is 0 Å². The highest BCUT2D eigenvalue weighted by molar-refractivity contribution is 7.92. The molecule has 1 atom stereocenters. The first-order valence-corrected chi connectivity index (χ1v) is 17.9. The van der Waals surface area contributed by atoms with E-state index in [1.807, 2.05) is 63.2 Å². The fraction of sp³-hybridized carbons (Fsp3) is 0.297. The Hall–Kier alpha value is -3.85. The molecule has 0 fully saturated rings. The molecule has 4 rings (SSSR count). The molecule has 0 aromatic heterocycles. The van der Waals surface area contributed by atoms with Crippen molar-refractivity contribution >= 4 is 50.7 Å². The Morgan fingerprint density at radius 2 is 1.40 bits per heavy atom. The minimum absolute atomic E-state index is 0.0413. The lowest BCUT2D eigenvalue weighted by Gasteiger charge is -2.34. The molecule has 10 heteroatoms. The van der Waals surface area contributed by atoms with Gasteiger partial charge in [0.25, 0.3) is 10.0 Å². The summed E-state index contributed by atoms with van der Waals surface area (Å²) in [6.07, 6.45) is 1.84. The molecule has 2 amide bonds. The Labute approximate surface area is 288 Å². The van der Waals surface area contributed by atoms with E-state index in [-0.39, 0.29) is 29.7 Å². The molecule has 0 bridgehead atoms. The maximum absolute atomic E-state index is 14.6. The third kappa shape index (κ3) is 9.37. The zero-order valence-corrected chi connectivity index (χ0v) is 29.2. The van der Waals surface area contributed by atoms with Crippen molar-refractivity contribution in [3.8, 4) is 0 Å². The first-order chi connectivity index (χ1) is 22.5. The van der Waals surface area contributed by atoms with Crippen LogP contribution in [-0.4, -0.2) is 44.3 Å². The van der Waals surface area contributed by atoms with Crippen molar-refractivity contribution < 1.29 is 18.0 Å². The second-order valence-corrected chi connectivity index (χ2v) is 14.3. The standard InChI is InChI=1S/C37H41Cl2N3O4S/c1-4-5-23-40-37(44)35(24-28-13-8-6-9-14-28)41(25-32-33(38)17-12-18-34(32)39)36(43)26-42(30-21-19-29(20-22-30)27(2)3)47(45,46)31-15-10-7-11-16-31/h6-22,27,35H,4-5,23-26H2,1-3H3,(H,40,44)/t35-/m1/s1. The van der Waals surface area contributed by atoms with Crippen LogP contribution in [0.5, 0.6) is 0 Å². The molecular weight excluding hydrogens is 653 g/mol. The summed E-state index contributed by atoms with van der Waals surface area (Å²) in [5.41, 5.74) is 2.65. The lowest BCUT2D eigenvalue weighted by molar-refractivity contribution is -0.140. The van der Waals surface area contributed by atoms with Crippen LogP contribution in [0.1, 0.15) is 56.2 Å². The number of amides is 2. The molecule has 0 aliphatic rings. The fourth-order valence-electron chi connectivity index (χ4n) is 5.19. The third-order valence-corrected chi connectivity index (χ3v) is 10.4. The van der Waals surface area contributed by atoms with Gasteiger partial charge in [0.2, 0.25) is 11.8 Å².